The van der Waals surface area contributed by atoms with E-state index in [1.807, 2.05) is 89.3 Å². The van der Waals surface area contributed by atoms with Crippen molar-refractivity contribution >= 4 is 17.7 Å². The molecule has 0 bridgehead atoms. The summed E-state index contributed by atoms with van der Waals surface area (Å²) in [6.07, 6.45) is 8.20. The molecule has 6 atom stereocenters. The minimum Gasteiger partial charge on any atom is -0.394 e. The van der Waals surface area contributed by atoms with E-state index in [1.54, 1.807) is 14.7 Å². The van der Waals surface area contributed by atoms with E-state index in [1.165, 1.54) is 0 Å². The van der Waals surface area contributed by atoms with E-state index in [9.17, 15) is 19.5 Å². The van der Waals surface area contributed by atoms with Crippen LogP contribution in [-0.2, 0) is 25.7 Å². The van der Waals surface area contributed by atoms with Crippen LogP contribution in [0.1, 0.15) is 46.6 Å². The zero-order valence-corrected chi connectivity index (χ0v) is 23.6. The fourth-order valence-corrected chi connectivity index (χ4v) is 7.16. The predicted molar refractivity (Wildman–Crippen MR) is 147 cm³/mol. The summed E-state index contributed by atoms with van der Waals surface area (Å²) in [5, 5.41) is 10.4. The molecular formula is C31H41N3O5. The SMILES string of the molecule is CC[C@@]12C=CCN(Cc3ccccc3)C(=O)[C@@H]1[C@H]1C(=O)N([C@@H](CO)C(C)C)C3C(=O)N(C(C)C)CC=C[C@@]31O2. The van der Waals surface area contributed by atoms with Crippen molar-refractivity contribution in [3.05, 3.63) is 60.2 Å². The highest BCUT2D eigenvalue weighted by molar-refractivity contribution is 6.00. The maximum absolute atomic E-state index is 14.6. The number of fused-ring (bicyclic) bond motifs is 2. The quantitative estimate of drug-likeness (QED) is 0.543. The van der Waals surface area contributed by atoms with Gasteiger partial charge in [-0.1, -0.05) is 75.4 Å². The maximum atomic E-state index is 14.6. The van der Waals surface area contributed by atoms with Crippen LogP contribution in [0.5, 0.6) is 0 Å². The molecule has 2 fully saturated rings. The van der Waals surface area contributed by atoms with Crippen LogP contribution < -0.4 is 0 Å². The molecule has 3 amide bonds. The average molecular weight is 536 g/mol. The predicted octanol–water partition coefficient (Wildman–Crippen LogP) is 2.77. The third kappa shape index (κ3) is 4.14. The van der Waals surface area contributed by atoms with Crippen molar-refractivity contribution in [3.63, 3.8) is 0 Å². The third-order valence-electron chi connectivity index (χ3n) is 9.15. The Labute approximate surface area is 231 Å². The molecule has 0 saturated carbocycles. The van der Waals surface area contributed by atoms with E-state index in [4.69, 9.17) is 4.74 Å². The van der Waals surface area contributed by atoms with Gasteiger partial charge in [0.05, 0.1) is 30.1 Å². The number of nitrogens with zero attached hydrogens (tertiary/aromatic N) is 3. The van der Waals surface area contributed by atoms with E-state index in [0.717, 1.165) is 5.56 Å². The molecule has 39 heavy (non-hydrogen) atoms. The highest BCUT2D eigenvalue weighted by Crippen LogP contribution is 2.59. The van der Waals surface area contributed by atoms with Crippen LogP contribution in [-0.4, -0.2) is 86.6 Å². The monoisotopic (exact) mass is 535 g/mol. The molecule has 4 aliphatic rings. The van der Waals surface area contributed by atoms with Gasteiger partial charge >= 0.3 is 0 Å². The molecule has 2 saturated heterocycles. The molecular weight excluding hydrogens is 494 g/mol. The second-order valence-electron chi connectivity index (χ2n) is 12.0. The van der Waals surface area contributed by atoms with E-state index in [-0.39, 0.29) is 36.3 Å². The molecule has 1 unspecified atom stereocenters. The van der Waals surface area contributed by atoms with Crippen LogP contribution in [0, 0.1) is 17.8 Å². The highest BCUT2D eigenvalue weighted by atomic mass is 16.5. The van der Waals surface area contributed by atoms with Gasteiger partial charge < -0.3 is 24.5 Å². The van der Waals surface area contributed by atoms with Crippen LogP contribution in [0.4, 0.5) is 0 Å². The molecule has 8 heteroatoms. The molecule has 4 heterocycles. The van der Waals surface area contributed by atoms with E-state index >= 15 is 0 Å². The molecule has 4 aliphatic heterocycles. The zero-order chi connectivity index (χ0) is 28.1. The van der Waals surface area contributed by atoms with Crippen molar-refractivity contribution in [1.29, 1.82) is 0 Å². The second-order valence-corrected chi connectivity index (χ2v) is 12.0. The van der Waals surface area contributed by atoms with Crippen molar-refractivity contribution in [3.8, 4) is 0 Å². The second kappa shape index (κ2) is 10.2. The van der Waals surface area contributed by atoms with Crippen LogP contribution >= 0.6 is 0 Å². The number of carbonyl (C=O) groups excluding carboxylic acids is 3. The lowest BCUT2D eigenvalue weighted by atomic mass is 9.73. The lowest BCUT2D eigenvalue weighted by Crippen LogP contribution is -2.60. The first-order chi connectivity index (χ1) is 18.6. The van der Waals surface area contributed by atoms with Crippen LogP contribution in [0.3, 0.4) is 0 Å². The minimum absolute atomic E-state index is 0.0881. The van der Waals surface area contributed by atoms with Gasteiger partial charge in [0.1, 0.15) is 11.6 Å². The molecule has 210 valence electrons. The number of ether oxygens (including phenoxy) is 1. The fourth-order valence-electron chi connectivity index (χ4n) is 7.16. The summed E-state index contributed by atoms with van der Waals surface area (Å²) in [6, 6.07) is 8.19. The Bertz CT molecular complexity index is 1180. The summed E-state index contributed by atoms with van der Waals surface area (Å²) in [5.74, 6) is -2.41. The summed E-state index contributed by atoms with van der Waals surface area (Å²) in [6.45, 7) is 10.7. The number of hydrogen-bond donors (Lipinski definition) is 1. The Kier molecular flexibility index (Phi) is 7.22. The lowest BCUT2D eigenvalue weighted by molar-refractivity contribution is -0.159. The van der Waals surface area contributed by atoms with Crippen molar-refractivity contribution in [1.82, 2.24) is 14.7 Å². The van der Waals surface area contributed by atoms with Gasteiger partial charge in [0.15, 0.2) is 0 Å². The number of aliphatic hydroxyl groups excluding tert-OH is 1. The normalized spacial score (nSPS) is 33.0. The number of benzene rings is 1. The molecule has 0 aromatic heterocycles. The lowest BCUT2D eigenvalue weighted by Gasteiger charge is -2.42. The van der Waals surface area contributed by atoms with Crippen molar-refractivity contribution in [2.75, 3.05) is 19.7 Å². The average Bonchev–Trinajstić information content (AvgIpc) is 3.20. The van der Waals surface area contributed by atoms with E-state index in [2.05, 4.69) is 0 Å². The Hall–Kier alpha value is -2.97. The molecule has 0 radical (unpaired) electrons. The van der Waals surface area contributed by atoms with Gasteiger partial charge in [0.25, 0.3) is 0 Å². The van der Waals surface area contributed by atoms with Crippen molar-refractivity contribution in [2.45, 2.75) is 76.9 Å². The summed E-state index contributed by atoms with van der Waals surface area (Å²) in [7, 11) is 0. The number of amides is 3. The Morgan fingerprint density at radius 3 is 2.26 bits per heavy atom. The van der Waals surface area contributed by atoms with Crippen LogP contribution in [0.2, 0.25) is 0 Å². The van der Waals surface area contributed by atoms with Gasteiger partial charge in [-0.15, -0.1) is 0 Å². The topological polar surface area (TPSA) is 90.4 Å². The van der Waals surface area contributed by atoms with Gasteiger partial charge in [-0.25, -0.2) is 0 Å². The number of likely N-dealkylation sites (tertiary alicyclic amines) is 1. The van der Waals surface area contributed by atoms with Crippen LogP contribution in [0.15, 0.2) is 54.6 Å². The smallest absolute Gasteiger partial charge is 0.249 e. The first kappa shape index (κ1) is 27.6. The fraction of sp³-hybridized carbons (Fsp3) is 0.581. The van der Waals surface area contributed by atoms with Crippen molar-refractivity contribution < 1.29 is 24.2 Å². The minimum atomic E-state index is -1.31. The van der Waals surface area contributed by atoms with Gasteiger partial charge in [0, 0.05) is 25.7 Å². The number of rotatable bonds is 7. The summed E-state index contributed by atoms with van der Waals surface area (Å²) < 4.78 is 7.01. The van der Waals surface area contributed by atoms with E-state index in [0.29, 0.717) is 26.1 Å². The van der Waals surface area contributed by atoms with E-state index < -0.39 is 35.1 Å². The van der Waals surface area contributed by atoms with Gasteiger partial charge in [-0.05, 0) is 31.7 Å². The molecule has 1 spiro atoms. The van der Waals surface area contributed by atoms with Crippen molar-refractivity contribution in [2.24, 2.45) is 17.8 Å². The molecule has 5 rings (SSSR count). The maximum Gasteiger partial charge on any atom is 0.249 e. The van der Waals surface area contributed by atoms with Gasteiger partial charge in [-0.3, -0.25) is 14.4 Å². The summed E-state index contributed by atoms with van der Waals surface area (Å²) in [4.78, 5) is 48.4. The molecule has 0 aliphatic carbocycles. The summed E-state index contributed by atoms with van der Waals surface area (Å²) in [5.41, 5.74) is -1.32. The largest absolute Gasteiger partial charge is 0.394 e. The Morgan fingerprint density at radius 2 is 1.64 bits per heavy atom. The first-order valence-corrected chi connectivity index (χ1v) is 14.2. The standard InChI is InChI=1S/C31H41N3O5/c1-6-30-14-10-16-32(18-22-12-8-7-9-13-22)27(36)24(30)25-28(37)34(23(19-35)20(2)3)26-29(38)33(21(4)5)17-11-15-31(25,26)39-30/h7-15,20-21,23-26,35H,6,16-19H2,1-5H3/t23-,24-,25-,26?,30+,31-/m0/s1. The third-order valence-corrected chi connectivity index (χ3v) is 9.15. The summed E-state index contributed by atoms with van der Waals surface area (Å²) >= 11 is 0. The van der Waals surface area contributed by atoms with Crippen LogP contribution in [0.25, 0.3) is 0 Å². The van der Waals surface area contributed by atoms with Gasteiger partial charge in [0.2, 0.25) is 17.7 Å². The molecule has 1 N–H and O–H groups in total. The Balaban J connectivity index is 1.66. The zero-order valence-electron chi connectivity index (χ0n) is 23.6. The number of aliphatic hydroxyl groups is 1. The van der Waals surface area contributed by atoms with Gasteiger partial charge in [-0.2, -0.15) is 0 Å². The molecule has 8 nitrogen and oxygen atoms in total. The highest BCUT2D eigenvalue weighted by Gasteiger charge is 2.76. The molecule has 1 aromatic rings. The molecule has 1 aromatic carbocycles. The number of hydrogen-bond acceptors (Lipinski definition) is 5. The Morgan fingerprint density at radius 1 is 0.949 bits per heavy atom. The first-order valence-electron chi connectivity index (χ1n) is 14.2. The number of carbonyl (C=O) groups is 3.